The van der Waals surface area contributed by atoms with Crippen LogP contribution in [0.2, 0.25) is 0 Å². The quantitative estimate of drug-likeness (QED) is 0.337. The number of hydrogen-bond donors (Lipinski definition) is 0. The standard InChI is InChI=1S/C24H24FN3O/c1-24(2,3)13-12-19-8-10-20(11-9-19)23(16-28-15-14-26-18-28)27-29-17-21-6-4-5-7-22(21)25/h4-11,14-15,18H,16-17H2,1-3H3. The Labute approximate surface area is 171 Å². The van der Waals surface area contributed by atoms with E-state index in [2.05, 4.69) is 42.8 Å². The Bertz CT molecular complexity index is 1020. The van der Waals surface area contributed by atoms with Crippen LogP contribution in [0.15, 0.2) is 72.4 Å². The third-order valence-electron chi connectivity index (χ3n) is 4.04. The number of rotatable bonds is 6. The lowest BCUT2D eigenvalue weighted by atomic mass is 9.97. The molecule has 29 heavy (non-hydrogen) atoms. The van der Waals surface area contributed by atoms with E-state index in [1.165, 1.54) is 6.07 Å². The molecule has 2 aromatic carbocycles. The van der Waals surface area contributed by atoms with E-state index in [0.29, 0.717) is 12.1 Å². The molecule has 0 N–H and O–H groups in total. The summed E-state index contributed by atoms with van der Waals surface area (Å²) in [6, 6.07) is 14.4. The van der Waals surface area contributed by atoms with Crippen LogP contribution in [-0.4, -0.2) is 15.3 Å². The predicted octanol–water partition coefficient (Wildman–Crippen LogP) is 5.04. The van der Waals surface area contributed by atoms with Crippen LogP contribution in [0.4, 0.5) is 4.39 Å². The average molecular weight is 389 g/mol. The number of halogens is 1. The van der Waals surface area contributed by atoms with Gasteiger partial charge in [0.25, 0.3) is 0 Å². The third-order valence-corrected chi connectivity index (χ3v) is 4.04. The number of nitrogens with zero attached hydrogens (tertiary/aromatic N) is 3. The van der Waals surface area contributed by atoms with Gasteiger partial charge < -0.3 is 9.40 Å². The molecule has 0 aliphatic heterocycles. The highest BCUT2D eigenvalue weighted by Gasteiger charge is 2.08. The number of aromatic nitrogens is 2. The maximum Gasteiger partial charge on any atom is 0.145 e. The predicted molar refractivity (Wildman–Crippen MR) is 113 cm³/mol. The van der Waals surface area contributed by atoms with Crippen LogP contribution in [0.5, 0.6) is 0 Å². The summed E-state index contributed by atoms with van der Waals surface area (Å²) in [4.78, 5) is 9.54. The maximum atomic E-state index is 13.8. The maximum absolute atomic E-state index is 13.8. The Morgan fingerprint density at radius 2 is 1.90 bits per heavy atom. The Morgan fingerprint density at radius 1 is 1.14 bits per heavy atom. The highest BCUT2D eigenvalue weighted by Crippen LogP contribution is 2.13. The molecule has 0 bridgehead atoms. The van der Waals surface area contributed by atoms with Crippen molar-refractivity contribution >= 4 is 5.71 Å². The number of imidazole rings is 1. The normalized spacial score (nSPS) is 11.7. The average Bonchev–Trinajstić information content (AvgIpc) is 3.20. The van der Waals surface area contributed by atoms with Crippen LogP contribution < -0.4 is 0 Å². The molecule has 0 spiro atoms. The lowest BCUT2D eigenvalue weighted by molar-refractivity contribution is 0.127. The van der Waals surface area contributed by atoms with E-state index in [4.69, 9.17) is 4.84 Å². The molecule has 0 aliphatic carbocycles. The molecule has 5 heteroatoms. The largest absolute Gasteiger partial charge is 0.391 e. The molecule has 1 heterocycles. The summed E-state index contributed by atoms with van der Waals surface area (Å²) in [5.74, 6) is 6.11. The fourth-order valence-electron chi connectivity index (χ4n) is 2.53. The summed E-state index contributed by atoms with van der Waals surface area (Å²) < 4.78 is 15.7. The zero-order chi connectivity index (χ0) is 20.7. The van der Waals surface area contributed by atoms with Crippen LogP contribution in [0.1, 0.15) is 37.5 Å². The molecule has 0 radical (unpaired) electrons. The monoisotopic (exact) mass is 389 g/mol. The first-order valence-corrected chi connectivity index (χ1v) is 9.42. The summed E-state index contributed by atoms with van der Waals surface area (Å²) in [6.07, 6.45) is 5.29. The van der Waals surface area contributed by atoms with Crippen molar-refractivity contribution in [3.8, 4) is 11.8 Å². The summed E-state index contributed by atoms with van der Waals surface area (Å²) in [6.45, 7) is 6.80. The summed E-state index contributed by atoms with van der Waals surface area (Å²) in [5, 5.41) is 4.29. The molecule has 0 aliphatic rings. The summed E-state index contributed by atoms with van der Waals surface area (Å²) >= 11 is 0. The molecule has 3 rings (SSSR count). The Kier molecular flexibility index (Phi) is 6.46. The van der Waals surface area contributed by atoms with Crippen molar-refractivity contribution in [3.63, 3.8) is 0 Å². The van der Waals surface area contributed by atoms with Gasteiger partial charge in [-0.05, 0) is 39.0 Å². The van der Waals surface area contributed by atoms with E-state index in [1.54, 1.807) is 30.7 Å². The topological polar surface area (TPSA) is 39.4 Å². The number of benzene rings is 2. The minimum absolute atomic E-state index is 0.0483. The Balaban J connectivity index is 1.79. The molecule has 0 unspecified atom stereocenters. The second kappa shape index (κ2) is 9.20. The first-order valence-electron chi connectivity index (χ1n) is 9.42. The number of oxime groups is 1. The van der Waals surface area contributed by atoms with Gasteiger partial charge in [0.1, 0.15) is 18.1 Å². The Morgan fingerprint density at radius 3 is 2.55 bits per heavy atom. The molecule has 148 valence electrons. The molecule has 1 aromatic heterocycles. The second-order valence-electron chi connectivity index (χ2n) is 7.72. The first-order chi connectivity index (χ1) is 13.9. The molecule has 0 fully saturated rings. The smallest absolute Gasteiger partial charge is 0.145 e. The molecule has 0 amide bonds. The van der Waals surface area contributed by atoms with Crippen molar-refractivity contribution in [3.05, 3.63) is 89.8 Å². The minimum atomic E-state index is -0.305. The highest BCUT2D eigenvalue weighted by molar-refractivity contribution is 6.00. The van der Waals surface area contributed by atoms with E-state index in [0.717, 1.165) is 16.8 Å². The SMILES string of the molecule is CC(C)(C)C#Cc1ccc(C(Cn2ccnc2)=NOCc2ccccc2F)cc1. The molecule has 3 aromatic rings. The first kappa shape index (κ1) is 20.3. The van der Waals surface area contributed by atoms with Gasteiger partial charge in [-0.25, -0.2) is 9.37 Å². The van der Waals surface area contributed by atoms with Crippen molar-refractivity contribution in [1.82, 2.24) is 9.55 Å². The zero-order valence-corrected chi connectivity index (χ0v) is 16.9. The van der Waals surface area contributed by atoms with Crippen LogP contribution in [0.3, 0.4) is 0 Å². The van der Waals surface area contributed by atoms with Crippen LogP contribution in [0.25, 0.3) is 0 Å². The van der Waals surface area contributed by atoms with Crippen molar-refractivity contribution in [2.24, 2.45) is 10.6 Å². The second-order valence-corrected chi connectivity index (χ2v) is 7.72. The van der Waals surface area contributed by atoms with E-state index < -0.39 is 0 Å². The molecule has 4 nitrogen and oxygen atoms in total. The lowest BCUT2D eigenvalue weighted by Crippen LogP contribution is -2.11. The van der Waals surface area contributed by atoms with Crippen molar-refractivity contribution in [2.45, 2.75) is 33.9 Å². The van der Waals surface area contributed by atoms with Crippen LogP contribution in [-0.2, 0) is 18.0 Å². The van der Waals surface area contributed by atoms with Gasteiger partial charge in [0.15, 0.2) is 0 Å². The highest BCUT2D eigenvalue weighted by atomic mass is 19.1. The molecule has 0 saturated carbocycles. The van der Waals surface area contributed by atoms with Gasteiger partial charge in [0.05, 0.1) is 12.9 Å². The van der Waals surface area contributed by atoms with Crippen LogP contribution in [0, 0.1) is 23.1 Å². The van der Waals surface area contributed by atoms with E-state index in [-0.39, 0.29) is 17.8 Å². The van der Waals surface area contributed by atoms with Gasteiger partial charge >= 0.3 is 0 Å². The van der Waals surface area contributed by atoms with E-state index >= 15 is 0 Å². The van der Waals surface area contributed by atoms with Gasteiger partial charge in [0, 0.05) is 34.5 Å². The van der Waals surface area contributed by atoms with Crippen molar-refractivity contribution in [1.29, 1.82) is 0 Å². The number of hydrogen-bond acceptors (Lipinski definition) is 3. The fraction of sp³-hybridized carbons (Fsp3) is 0.250. The fourth-order valence-corrected chi connectivity index (χ4v) is 2.53. The zero-order valence-electron chi connectivity index (χ0n) is 16.9. The van der Waals surface area contributed by atoms with Gasteiger partial charge in [-0.1, -0.05) is 47.3 Å². The van der Waals surface area contributed by atoms with Crippen molar-refractivity contribution < 1.29 is 9.23 Å². The third kappa shape index (κ3) is 6.32. The molecular weight excluding hydrogens is 365 g/mol. The van der Waals surface area contributed by atoms with E-state index in [9.17, 15) is 4.39 Å². The summed E-state index contributed by atoms with van der Waals surface area (Å²) in [5.41, 5.74) is 2.99. The molecular formula is C24H24FN3O. The van der Waals surface area contributed by atoms with Gasteiger partial charge in [-0.2, -0.15) is 0 Å². The lowest BCUT2D eigenvalue weighted by Gasteiger charge is -2.09. The van der Waals surface area contributed by atoms with Gasteiger partial charge in [-0.3, -0.25) is 0 Å². The molecule has 0 saturated heterocycles. The molecule has 0 atom stereocenters. The van der Waals surface area contributed by atoms with Crippen molar-refractivity contribution in [2.75, 3.05) is 0 Å². The van der Waals surface area contributed by atoms with E-state index in [1.807, 2.05) is 35.0 Å². The summed E-state index contributed by atoms with van der Waals surface area (Å²) in [7, 11) is 0. The van der Waals surface area contributed by atoms with Gasteiger partial charge in [0.2, 0.25) is 0 Å². The van der Waals surface area contributed by atoms with Gasteiger partial charge in [-0.15, -0.1) is 0 Å². The Hall–Kier alpha value is -3.39. The minimum Gasteiger partial charge on any atom is -0.391 e. The van der Waals surface area contributed by atoms with Crippen LogP contribution >= 0.6 is 0 Å².